The summed E-state index contributed by atoms with van der Waals surface area (Å²) < 4.78 is 0. The summed E-state index contributed by atoms with van der Waals surface area (Å²) in [6.07, 6.45) is 5.75. The first-order valence-electron chi connectivity index (χ1n) is 8.25. The fourth-order valence-electron chi connectivity index (χ4n) is 1.31. The Bertz CT molecular complexity index is 132. The summed E-state index contributed by atoms with van der Waals surface area (Å²) in [5, 5.41) is 1.68. The van der Waals surface area contributed by atoms with Crippen LogP contribution >= 0.6 is 11.8 Å². The fourth-order valence-corrected chi connectivity index (χ4v) is 2.87. The molecule has 0 heterocycles. The van der Waals surface area contributed by atoms with Crippen LogP contribution in [0, 0.1) is 5.92 Å². The molecule has 0 aromatic heterocycles. The van der Waals surface area contributed by atoms with E-state index in [1.165, 1.54) is 19.3 Å². The highest BCUT2D eigenvalue weighted by molar-refractivity contribution is 8.00. The van der Waals surface area contributed by atoms with Crippen LogP contribution in [0.25, 0.3) is 0 Å². The predicted octanol–water partition coefficient (Wildman–Crippen LogP) is 7.59. The average Bonchev–Trinajstić information content (AvgIpc) is 2.43. The zero-order valence-electron chi connectivity index (χ0n) is 15.5. The Kier molecular flexibility index (Phi) is 38.4. The molecule has 19 heavy (non-hydrogen) atoms. The summed E-state index contributed by atoms with van der Waals surface area (Å²) in [5.74, 6) is 0.870. The SMILES string of the molecule is C=CC.CC.CC.CCCC(C)SC(C)C(C)CC. The molecule has 0 aliphatic heterocycles. The molecule has 3 atom stereocenters. The van der Waals surface area contributed by atoms with Crippen LogP contribution < -0.4 is 0 Å². The number of hydrogen-bond acceptors (Lipinski definition) is 1. The first-order chi connectivity index (χ1) is 9.03. The lowest BCUT2D eigenvalue weighted by atomic mass is 10.1. The number of rotatable bonds is 6. The van der Waals surface area contributed by atoms with Crippen LogP contribution in [0.15, 0.2) is 12.7 Å². The summed E-state index contributed by atoms with van der Waals surface area (Å²) in [5.41, 5.74) is 0. The van der Waals surface area contributed by atoms with Crippen LogP contribution in [-0.4, -0.2) is 10.5 Å². The maximum atomic E-state index is 3.36. The van der Waals surface area contributed by atoms with Crippen LogP contribution in [0.1, 0.15) is 88.5 Å². The Labute approximate surface area is 129 Å². The first kappa shape index (κ1) is 27.4. The summed E-state index contributed by atoms with van der Waals surface area (Å²) in [6.45, 7) is 24.9. The van der Waals surface area contributed by atoms with Gasteiger partial charge in [-0.2, -0.15) is 11.8 Å². The third-order valence-electron chi connectivity index (χ3n) is 2.59. The number of allylic oxidation sites excluding steroid dienone is 1. The average molecular weight is 291 g/mol. The minimum Gasteiger partial charge on any atom is -0.155 e. The highest BCUT2D eigenvalue weighted by atomic mass is 32.2. The second-order valence-electron chi connectivity index (χ2n) is 4.23. The Morgan fingerprint density at radius 1 is 1.00 bits per heavy atom. The van der Waals surface area contributed by atoms with Crippen molar-refractivity contribution in [2.24, 2.45) is 5.92 Å². The van der Waals surface area contributed by atoms with E-state index in [0.29, 0.717) is 0 Å². The van der Waals surface area contributed by atoms with Gasteiger partial charge in [-0.15, -0.1) is 6.58 Å². The molecule has 0 aromatic rings. The van der Waals surface area contributed by atoms with Gasteiger partial charge in [-0.05, 0) is 19.3 Å². The zero-order valence-corrected chi connectivity index (χ0v) is 16.4. The molecule has 0 rings (SSSR count). The van der Waals surface area contributed by atoms with Crippen LogP contribution in [0.4, 0.5) is 0 Å². The molecule has 0 aromatic carbocycles. The van der Waals surface area contributed by atoms with E-state index in [4.69, 9.17) is 0 Å². The highest BCUT2D eigenvalue weighted by Gasteiger charge is 2.13. The van der Waals surface area contributed by atoms with Gasteiger partial charge in [-0.1, -0.05) is 81.2 Å². The summed E-state index contributed by atoms with van der Waals surface area (Å²) in [7, 11) is 0. The minimum atomic E-state index is 0.830. The van der Waals surface area contributed by atoms with Gasteiger partial charge in [0.05, 0.1) is 0 Å². The Morgan fingerprint density at radius 2 is 1.37 bits per heavy atom. The van der Waals surface area contributed by atoms with E-state index >= 15 is 0 Å². The molecule has 0 aliphatic carbocycles. The van der Waals surface area contributed by atoms with Crippen molar-refractivity contribution in [1.82, 2.24) is 0 Å². The number of hydrogen-bond donors (Lipinski definition) is 0. The largest absolute Gasteiger partial charge is 0.155 e. The van der Waals surface area contributed by atoms with Gasteiger partial charge in [0.2, 0.25) is 0 Å². The molecule has 0 bridgehead atoms. The molecule has 0 spiro atoms. The van der Waals surface area contributed by atoms with Crippen molar-refractivity contribution in [3.05, 3.63) is 12.7 Å². The maximum absolute atomic E-state index is 3.36. The molecule has 0 N–H and O–H groups in total. The van der Waals surface area contributed by atoms with Crippen LogP contribution in [0.3, 0.4) is 0 Å². The molecule has 0 nitrogen and oxygen atoms in total. The molecule has 0 aliphatic rings. The third kappa shape index (κ3) is 27.3. The van der Waals surface area contributed by atoms with Crippen molar-refractivity contribution in [2.75, 3.05) is 0 Å². The van der Waals surface area contributed by atoms with E-state index in [1.807, 2.05) is 34.6 Å². The lowest BCUT2D eigenvalue weighted by molar-refractivity contribution is 0.555. The van der Waals surface area contributed by atoms with Gasteiger partial charge in [-0.25, -0.2) is 0 Å². The molecule has 120 valence electrons. The van der Waals surface area contributed by atoms with Gasteiger partial charge >= 0.3 is 0 Å². The molecule has 1 heteroatoms. The number of thioether (sulfide) groups is 1. The van der Waals surface area contributed by atoms with Crippen LogP contribution in [0.2, 0.25) is 0 Å². The third-order valence-corrected chi connectivity index (χ3v) is 4.18. The summed E-state index contributed by atoms with van der Waals surface area (Å²) >= 11 is 2.16. The van der Waals surface area contributed by atoms with Gasteiger partial charge < -0.3 is 0 Å². The maximum Gasteiger partial charge on any atom is 0.00469 e. The second-order valence-corrected chi connectivity index (χ2v) is 6.05. The van der Waals surface area contributed by atoms with E-state index in [9.17, 15) is 0 Å². The van der Waals surface area contributed by atoms with Crippen molar-refractivity contribution in [3.8, 4) is 0 Å². The molecule has 3 unspecified atom stereocenters. The monoisotopic (exact) mass is 290 g/mol. The van der Waals surface area contributed by atoms with Gasteiger partial charge in [0.25, 0.3) is 0 Å². The van der Waals surface area contributed by atoms with Gasteiger partial charge in [0.1, 0.15) is 0 Å². The van der Waals surface area contributed by atoms with Crippen molar-refractivity contribution in [1.29, 1.82) is 0 Å². The minimum absolute atomic E-state index is 0.830. The van der Waals surface area contributed by atoms with E-state index in [-0.39, 0.29) is 0 Å². The molecule has 0 fully saturated rings. The topological polar surface area (TPSA) is 0 Å². The van der Waals surface area contributed by atoms with Gasteiger partial charge in [-0.3, -0.25) is 0 Å². The van der Waals surface area contributed by atoms with E-state index in [0.717, 1.165) is 16.4 Å². The first-order valence-corrected chi connectivity index (χ1v) is 9.20. The molecular weight excluding hydrogens is 248 g/mol. The molecule has 0 radical (unpaired) electrons. The zero-order chi connectivity index (χ0) is 16.3. The van der Waals surface area contributed by atoms with Crippen LogP contribution in [-0.2, 0) is 0 Å². The quantitative estimate of drug-likeness (QED) is 0.454. The lowest BCUT2D eigenvalue weighted by Gasteiger charge is -2.21. The standard InChI is InChI=1S/C11H24S.C3H6.2C2H6/c1-6-8-10(4)12-11(5)9(3)7-2;1-3-2;2*1-2/h9-11H,6-8H2,1-5H3;3H,1H2,2H3;2*1-2H3. The van der Waals surface area contributed by atoms with Crippen molar-refractivity contribution in [2.45, 2.75) is 99.0 Å². The molecule has 0 amide bonds. The summed E-state index contributed by atoms with van der Waals surface area (Å²) in [4.78, 5) is 0. The molecular formula is C18H42S. The van der Waals surface area contributed by atoms with Gasteiger partial charge in [0, 0.05) is 10.5 Å². The summed E-state index contributed by atoms with van der Waals surface area (Å²) in [6, 6.07) is 0. The van der Waals surface area contributed by atoms with Gasteiger partial charge in [0.15, 0.2) is 0 Å². The highest BCUT2D eigenvalue weighted by Crippen LogP contribution is 2.27. The van der Waals surface area contributed by atoms with Crippen molar-refractivity contribution < 1.29 is 0 Å². The van der Waals surface area contributed by atoms with Crippen molar-refractivity contribution in [3.63, 3.8) is 0 Å². The fraction of sp³-hybridized carbons (Fsp3) is 0.889. The smallest absolute Gasteiger partial charge is 0.00469 e. The van der Waals surface area contributed by atoms with E-state index in [1.54, 1.807) is 6.08 Å². The van der Waals surface area contributed by atoms with Crippen LogP contribution in [0.5, 0.6) is 0 Å². The lowest BCUT2D eigenvalue weighted by Crippen LogP contribution is -2.12. The normalized spacial score (nSPS) is 13.2. The molecule has 0 saturated heterocycles. The Hall–Kier alpha value is 0.0900. The predicted molar refractivity (Wildman–Crippen MR) is 99.4 cm³/mol. The second kappa shape index (κ2) is 26.6. The van der Waals surface area contributed by atoms with E-state index < -0.39 is 0 Å². The Balaban J connectivity index is -0.000000136. The molecule has 0 saturated carbocycles. The Morgan fingerprint density at radius 3 is 1.63 bits per heavy atom. The van der Waals surface area contributed by atoms with Crippen molar-refractivity contribution >= 4 is 11.8 Å². The van der Waals surface area contributed by atoms with E-state index in [2.05, 4.69) is 53.0 Å².